The van der Waals surface area contributed by atoms with Crippen LogP contribution in [0, 0.1) is 10.1 Å². The molecule has 72 valence electrons. The molecule has 2 rings (SSSR count). The molecule has 2 aromatic rings. The highest BCUT2D eigenvalue weighted by molar-refractivity contribution is 6.35. The number of rotatable bonds is 1. The highest BCUT2D eigenvalue weighted by Gasteiger charge is 2.13. The van der Waals surface area contributed by atoms with E-state index < -0.39 is 4.92 Å². The third-order valence-electron chi connectivity index (χ3n) is 1.87. The summed E-state index contributed by atoms with van der Waals surface area (Å²) in [6.45, 7) is 0. The number of fused-ring (bicyclic) bond motifs is 1. The maximum Gasteiger partial charge on any atom is 0.273 e. The summed E-state index contributed by atoms with van der Waals surface area (Å²) in [7, 11) is 1.65. The molecule has 0 bridgehead atoms. The second kappa shape index (κ2) is 2.91. The van der Waals surface area contributed by atoms with Crippen LogP contribution in [0.3, 0.4) is 0 Å². The fourth-order valence-electron chi connectivity index (χ4n) is 1.18. The third-order valence-corrected chi connectivity index (χ3v) is 2.15. The van der Waals surface area contributed by atoms with Crippen LogP contribution in [-0.4, -0.2) is 19.9 Å². The van der Waals surface area contributed by atoms with Gasteiger partial charge in [-0.05, 0) is 0 Å². The lowest BCUT2D eigenvalue weighted by atomic mass is 10.3. The fourth-order valence-corrected chi connectivity index (χ4v) is 1.43. The van der Waals surface area contributed by atoms with Gasteiger partial charge < -0.3 is 0 Å². The minimum absolute atomic E-state index is 0.0621. The van der Waals surface area contributed by atoms with Crippen molar-refractivity contribution >= 4 is 28.3 Å². The zero-order chi connectivity index (χ0) is 10.3. The Morgan fingerprint density at radius 2 is 2.29 bits per heavy atom. The van der Waals surface area contributed by atoms with Gasteiger partial charge >= 0.3 is 0 Å². The van der Waals surface area contributed by atoms with Crippen molar-refractivity contribution in [1.29, 1.82) is 0 Å². The van der Waals surface area contributed by atoms with E-state index in [1.54, 1.807) is 7.05 Å². The van der Waals surface area contributed by atoms with Crippen LogP contribution in [0.1, 0.15) is 0 Å². The number of hydrogen-bond donors (Lipinski definition) is 0. The first-order valence-electron chi connectivity index (χ1n) is 3.73. The van der Waals surface area contributed by atoms with Gasteiger partial charge in [0.1, 0.15) is 5.52 Å². The summed E-state index contributed by atoms with van der Waals surface area (Å²) in [5.74, 6) is 0. The van der Waals surface area contributed by atoms with Crippen LogP contribution in [0.4, 0.5) is 5.69 Å². The fraction of sp³-hybridized carbons (Fsp3) is 0.143. The van der Waals surface area contributed by atoms with E-state index in [1.807, 2.05) is 0 Å². The molecule has 0 aliphatic rings. The lowest BCUT2D eigenvalue weighted by Gasteiger charge is -1.95. The van der Waals surface area contributed by atoms with Crippen molar-refractivity contribution < 1.29 is 4.92 Å². The average molecular weight is 213 g/mol. The summed E-state index contributed by atoms with van der Waals surface area (Å²) in [4.78, 5) is 10.0. The van der Waals surface area contributed by atoms with Gasteiger partial charge in [-0.3, -0.25) is 10.1 Å². The molecule has 7 heteroatoms. The summed E-state index contributed by atoms with van der Waals surface area (Å²) in [6, 6.07) is 2.65. The second-order valence-corrected chi connectivity index (χ2v) is 3.17. The van der Waals surface area contributed by atoms with Gasteiger partial charge in [0.05, 0.1) is 15.5 Å². The normalized spacial score (nSPS) is 10.7. The van der Waals surface area contributed by atoms with Gasteiger partial charge in [-0.2, -0.15) is 0 Å². The van der Waals surface area contributed by atoms with Crippen LogP contribution in [0.25, 0.3) is 11.0 Å². The van der Waals surface area contributed by atoms with Crippen LogP contribution in [0.2, 0.25) is 5.02 Å². The molecule has 0 unspecified atom stereocenters. The number of nitro groups is 1. The van der Waals surface area contributed by atoms with Crippen LogP contribution < -0.4 is 0 Å². The zero-order valence-corrected chi connectivity index (χ0v) is 7.89. The Kier molecular flexibility index (Phi) is 1.85. The topological polar surface area (TPSA) is 73.8 Å². The number of aromatic nitrogens is 3. The van der Waals surface area contributed by atoms with Crippen LogP contribution >= 0.6 is 11.6 Å². The van der Waals surface area contributed by atoms with Crippen LogP contribution in [-0.2, 0) is 7.05 Å². The molecule has 0 N–H and O–H groups in total. The van der Waals surface area contributed by atoms with E-state index in [9.17, 15) is 10.1 Å². The molecule has 0 aliphatic carbocycles. The highest BCUT2D eigenvalue weighted by Crippen LogP contribution is 2.26. The van der Waals surface area contributed by atoms with Crippen molar-refractivity contribution in [2.75, 3.05) is 0 Å². The molecule has 6 nitrogen and oxygen atoms in total. The van der Waals surface area contributed by atoms with Gasteiger partial charge in [-0.15, -0.1) is 5.10 Å². The predicted molar refractivity (Wildman–Crippen MR) is 50.2 cm³/mol. The van der Waals surface area contributed by atoms with Gasteiger partial charge in [0.25, 0.3) is 5.69 Å². The molecule has 0 saturated carbocycles. The Morgan fingerprint density at radius 3 is 2.93 bits per heavy atom. The minimum Gasteiger partial charge on any atom is -0.258 e. The third kappa shape index (κ3) is 1.20. The number of nitro benzene ring substituents is 1. The van der Waals surface area contributed by atoms with Gasteiger partial charge in [0, 0.05) is 19.2 Å². The van der Waals surface area contributed by atoms with Crippen molar-refractivity contribution in [3.63, 3.8) is 0 Å². The van der Waals surface area contributed by atoms with E-state index in [4.69, 9.17) is 11.6 Å². The highest BCUT2D eigenvalue weighted by atomic mass is 35.5. The monoisotopic (exact) mass is 212 g/mol. The van der Waals surface area contributed by atoms with E-state index in [0.717, 1.165) is 0 Å². The molecule has 0 aliphatic heterocycles. The minimum atomic E-state index is -0.502. The van der Waals surface area contributed by atoms with E-state index in [0.29, 0.717) is 11.0 Å². The lowest BCUT2D eigenvalue weighted by Crippen LogP contribution is -1.92. The van der Waals surface area contributed by atoms with Crippen molar-refractivity contribution in [2.24, 2.45) is 7.05 Å². The Hall–Kier alpha value is -1.69. The predicted octanol–water partition coefficient (Wildman–Crippen LogP) is 1.53. The Labute approximate surface area is 83.2 Å². The maximum atomic E-state index is 10.5. The number of hydrogen-bond acceptors (Lipinski definition) is 4. The van der Waals surface area contributed by atoms with E-state index >= 15 is 0 Å². The van der Waals surface area contributed by atoms with Gasteiger partial charge in [0.15, 0.2) is 0 Å². The smallest absolute Gasteiger partial charge is 0.258 e. The zero-order valence-electron chi connectivity index (χ0n) is 7.14. The number of aryl methyl sites for hydroxylation is 1. The van der Waals surface area contributed by atoms with E-state index in [1.165, 1.54) is 16.8 Å². The number of halogens is 1. The van der Waals surface area contributed by atoms with Crippen molar-refractivity contribution in [2.45, 2.75) is 0 Å². The first-order chi connectivity index (χ1) is 6.59. The summed E-state index contributed by atoms with van der Waals surface area (Å²) in [5.41, 5.74) is 0.955. The molecule has 1 aromatic heterocycles. The largest absolute Gasteiger partial charge is 0.273 e. The summed E-state index contributed by atoms with van der Waals surface area (Å²) in [6.07, 6.45) is 0. The van der Waals surface area contributed by atoms with Crippen molar-refractivity contribution in [3.8, 4) is 0 Å². The molecule has 0 amide bonds. The first-order valence-corrected chi connectivity index (χ1v) is 4.10. The molecule has 0 atom stereocenters. The Balaban J connectivity index is 2.82. The molecule has 1 heterocycles. The van der Waals surface area contributed by atoms with E-state index in [-0.39, 0.29) is 10.7 Å². The molecule has 1 aromatic carbocycles. The number of benzene rings is 1. The van der Waals surface area contributed by atoms with Crippen LogP contribution in [0.15, 0.2) is 12.1 Å². The SMILES string of the molecule is Cn1nnc2c(Cl)cc([N+](=O)[O-])cc21. The van der Waals surface area contributed by atoms with Gasteiger partial charge in [-0.25, -0.2) is 4.68 Å². The Morgan fingerprint density at radius 1 is 1.57 bits per heavy atom. The summed E-state index contributed by atoms with van der Waals surface area (Å²) in [5, 5.41) is 18.3. The average Bonchev–Trinajstić information content (AvgIpc) is 2.48. The quantitative estimate of drug-likeness (QED) is 0.531. The standard InChI is InChI=1S/C7H5ClN4O2/c1-11-6-3-4(12(13)14)2-5(8)7(6)9-10-11/h2-3H,1H3. The maximum absolute atomic E-state index is 10.5. The summed E-state index contributed by atoms with van der Waals surface area (Å²) < 4.78 is 1.44. The molecule has 0 spiro atoms. The molecule has 0 radical (unpaired) electrons. The molecule has 0 fully saturated rings. The second-order valence-electron chi connectivity index (χ2n) is 2.77. The Bertz CT molecular complexity index is 522. The molecule has 0 saturated heterocycles. The van der Waals surface area contributed by atoms with Crippen LogP contribution in [0.5, 0.6) is 0 Å². The summed E-state index contributed by atoms with van der Waals surface area (Å²) >= 11 is 5.80. The van der Waals surface area contributed by atoms with E-state index in [2.05, 4.69) is 10.3 Å². The molecular formula is C7H5ClN4O2. The molecular weight excluding hydrogens is 208 g/mol. The van der Waals surface area contributed by atoms with Crippen molar-refractivity contribution in [3.05, 3.63) is 27.3 Å². The number of nitrogens with zero attached hydrogens (tertiary/aromatic N) is 4. The lowest BCUT2D eigenvalue weighted by molar-refractivity contribution is -0.384. The molecule has 14 heavy (non-hydrogen) atoms. The first kappa shape index (κ1) is 8.89. The van der Waals surface area contributed by atoms with Gasteiger partial charge in [0.2, 0.25) is 0 Å². The number of non-ortho nitro benzene ring substituents is 1. The van der Waals surface area contributed by atoms with Gasteiger partial charge in [-0.1, -0.05) is 16.8 Å². The van der Waals surface area contributed by atoms with Crippen molar-refractivity contribution in [1.82, 2.24) is 15.0 Å².